The Morgan fingerprint density at radius 3 is 2.54 bits per heavy atom. The number of anilines is 1. The zero-order valence-corrected chi connectivity index (χ0v) is 15.2. The van der Waals surface area contributed by atoms with E-state index >= 15 is 0 Å². The maximum atomic E-state index is 13.2. The van der Waals surface area contributed by atoms with Crippen LogP contribution in [0.3, 0.4) is 0 Å². The van der Waals surface area contributed by atoms with Crippen molar-refractivity contribution in [2.75, 3.05) is 4.90 Å². The summed E-state index contributed by atoms with van der Waals surface area (Å²) in [5.41, 5.74) is 6.05. The number of nitrogens with zero attached hydrogens (tertiary/aromatic N) is 1. The van der Waals surface area contributed by atoms with E-state index in [1.165, 1.54) is 11.0 Å². The SMILES string of the molecule is C[C@@H](Cc1ccccc1)N1C(=O)[C@H](NC(N)=O)Cc2ccc(C(F)(F)F)cc21. The second-order valence-corrected chi connectivity index (χ2v) is 6.85. The Balaban J connectivity index is 2.01. The molecule has 1 heterocycles. The average molecular weight is 391 g/mol. The van der Waals surface area contributed by atoms with Gasteiger partial charge in [-0.2, -0.15) is 13.2 Å². The van der Waals surface area contributed by atoms with E-state index in [1.807, 2.05) is 30.3 Å². The molecule has 1 aliphatic rings. The second kappa shape index (κ2) is 7.53. The molecule has 8 heteroatoms. The molecule has 148 valence electrons. The number of amides is 3. The first kappa shape index (κ1) is 19.7. The Kier molecular flexibility index (Phi) is 5.31. The molecule has 28 heavy (non-hydrogen) atoms. The van der Waals surface area contributed by atoms with E-state index in [4.69, 9.17) is 5.73 Å². The van der Waals surface area contributed by atoms with Crippen molar-refractivity contribution in [2.24, 2.45) is 5.73 Å². The Labute approximate surface area is 160 Å². The third kappa shape index (κ3) is 4.11. The van der Waals surface area contributed by atoms with E-state index in [0.29, 0.717) is 12.0 Å². The first-order valence-corrected chi connectivity index (χ1v) is 8.80. The molecule has 5 nitrogen and oxygen atoms in total. The van der Waals surface area contributed by atoms with Gasteiger partial charge in [0.05, 0.1) is 5.56 Å². The van der Waals surface area contributed by atoms with Crippen molar-refractivity contribution in [1.82, 2.24) is 5.32 Å². The summed E-state index contributed by atoms with van der Waals surface area (Å²) < 4.78 is 39.6. The Morgan fingerprint density at radius 2 is 1.93 bits per heavy atom. The summed E-state index contributed by atoms with van der Waals surface area (Å²) in [6, 6.07) is 10.5. The predicted octanol–water partition coefficient (Wildman–Crippen LogP) is 3.26. The van der Waals surface area contributed by atoms with Gasteiger partial charge < -0.3 is 16.0 Å². The first-order valence-electron chi connectivity index (χ1n) is 8.80. The minimum absolute atomic E-state index is 0.0871. The van der Waals surface area contributed by atoms with E-state index in [2.05, 4.69) is 5.32 Å². The van der Waals surface area contributed by atoms with Gasteiger partial charge in [-0.1, -0.05) is 36.4 Å². The minimum atomic E-state index is -4.52. The van der Waals surface area contributed by atoms with Gasteiger partial charge in [-0.3, -0.25) is 4.79 Å². The van der Waals surface area contributed by atoms with E-state index < -0.39 is 35.8 Å². The van der Waals surface area contributed by atoms with Crippen LogP contribution in [0.4, 0.5) is 23.7 Å². The van der Waals surface area contributed by atoms with Crippen molar-refractivity contribution >= 4 is 17.6 Å². The molecule has 3 amide bonds. The van der Waals surface area contributed by atoms with Gasteiger partial charge in [-0.25, -0.2) is 4.79 Å². The van der Waals surface area contributed by atoms with E-state index in [9.17, 15) is 22.8 Å². The molecular formula is C20H20F3N3O2. The summed E-state index contributed by atoms with van der Waals surface area (Å²) in [5.74, 6) is -0.478. The molecule has 0 saturated carbocycles. The number of hydrogen-bond donors (Lipinski definition) is 2. The van der Waals surface area contributed by atoms with Gasteiger partial charge in [0, 0.05) is 18.2 Å². The molecule has 2 aromatic carbocycles. The highest BCUT2D eigenvalue weighted by atomic mass is 19.4. The van der Waals surface area contributed by atoms with Gasteiger partial charge in [0.15, 0.2) is 0 Å². The average Bonchev–Trinajstić information content (AvgIpc) is 2.61. The zero-order valence-electron chi connectivity index (χ0n) is 15.2. The summed E-state index contributed by atoms with van der Waals surface area (Å²) >= 11 is 0. The van der Waals surface area contributed by atoms with E-state index in [-0.39, 0.29) is 12.1 Å². The Hall–Kier alpha value is -3.03. The molecule has 0 spiro atoms. The molecule has 1 aliphatic heterocycles. The molecule has 0 radical (unpaired) electrons. The van der Waals surface area contributed by atoms with Crippen molar-refractivity contribution in [3.05, 3.63) is 65.2 Å². The van der Waals surface area contributed by atoms with Gasteiger partial charge in [-0.15, -0.1) is 0 Å². The van der Waals surface area contributed by atoms with Gasteiger partial charge in [0.1, 0.15) is 6.04 Å². The lowest BCUT2D eigenvalue weighted by atomic mass is 9.93. The van der Waals surface area contributed by atoms with Gasteiger partial charge >= 0.3 is 12.2 Å². The highest BCUT2D eigenvalue weighted by molar-refractivity contribution is 6.02. The third-order valence-electron chi connectivity index (χ3n) is 4.76. The fourth-order valence-corrected chi connectivity index (χ4v) is 3.52. The van der Waals surface area contributed by atoms with Gasteiger partial charge in [0.2, 0.25) is 5.91 Å². The summed E-state index contributed by atoms with van der Waals surface area (Å²) in [5, 5.41) is 2.39. The number of carbonyl (C=O) groups is 2. The summed E-state index contributed by atoms with van der Waals surface area (Å²) in [6.07, 6.45) is -3.98. The number of carbonyl (C=O) groups excluding carboxylic acids is 2. The second-order valence-electron chi connectivity index (χ2n) is 6.85. The Bertz CT molecular complexity index is 884. The molecule has 0 aromatic heterocycles. The van der Waals surface area contributed by atoms with Gasteiger partial charge in [0.25, 0.3) is 0 Å². The summed E-state index contributed by atoms with van der Waals surface area (Å²) in [7, 11) is 0. The molecular weight excluding hydrogens is 371 g/mol. The molecule has 2 aromatic rings. The zero-order chi connectivity index (χ0) is 20.5. The number of alkyl halides is 3. The lowest BCUT2D eigenvalue weighted by Crippen LogP contribution is -2.56. The van der Waals surface area contributed by atoms with Crippen LogP contribution in [0.15, 0.2) is 48.5 Å². The monoisotopic (exact) mass is 391 g/mol. The van der Waals surface area contributed by atoms with Crippen LogP contribution in [0.1, 0.15) is 23.6 Å². The third-order valence-corrected chi connectivity index (χ3v) is 4.76. The molecule has 3 N–H and O–H groups in total. The summed E-state index contributed by atoms with van der Waals surface area (Å²) in [6.45, 7) is 1.77. The lowest BCUT2D eigenvalue weighted by Gasteiger charge is -2.38. The first-order chi connectivity index (χ1) is 13.2. The number of rotatable bonds is 4. The molecule has 0 aliphatic carbocycles. The molecule has 3 rings (SSSR count). The van der Waals surface area contributed by atoms with Crippen LogP contribution in [0.25, 0.3) is 0 Å². The lowest BCUT2D eigenvalue weighted by molar-refractivity contribution is -0.137. The number of fused-ring (bicyclic) bond motifs is 1. The topological polar surface area (TPSA) is 75.4 Å². The number of hydrogen-bond acceptors (Lipinski definition) is 2. The minimum Gasteiger partial charge on any atom is -0.352 e. The molecule has 0 fully saturated rings. The quantitative estimate of drug-likeness (QED) is 0.840. The number of nitrogens with one attached hydrogen (secondary N) is 1. The van der Waals surface area contributed by atoms with Crippen LogP contribution in [-0.2, 0) is 23.8 Å². The van der Waals surface area contributed by atoms with Crippen molar-refractivity contribution in [2.45, 2.75) is 38.0 Å². The van der Waals surface area contributed by atoms with Crippen molar-refractivity contribution in [3.63, 3.8) is 0 Å². The van der Waals surface area contributed by atoms with E-state index in [0.717, 1.165) is 17.7 Å². The largest absolute Gasteiger partial charge is 0.416 e. The highest BCUT2D eigenvalue weighted by Gasteiger charge is 2.38. The molecule has 2 atom stereocenters. The van der Waals surface area contributed by atoms with Crippen LogP contribution >= 0.6 is 0 Å². The van der Waals surface area contributed by atoms with Gasteiger partial charge in [-0.05, 0) is 36.6 Å². The molecule has 0 bridgehead atoms. The van der Waals surface area contributed by atoms with Crippen LogP contribution in [0.2, 0.25) is 0 Å². The number of nitrogens with two attached hydrogens (primary N) is 1. The van der Waals surface area contributed by atoms with Crippen LogP contribution < -0.4 is 16.0 Å². The van der Waals surface area contributed by atoms with E-state index in [1.54, 1.807) is 6.92 Å². The number of halogens is 3. The fourth-order valence-electron chi connectivity index (χ4n) is 3.52. The number of benzene rings is 2. The van der Waals surface area contributed by atoms with Crippen molar-refractivity contribution in [1.29, 1.82) is 0 Å². The van der Waals surface area contributed by atoms with Crippen molar-refractivity contribution < 1.29 is 22.8 Å². The van der Waals surface area contributed by atoms with Crippen LogP contribution in [-0.4, -0.2) is 24.0 Å². The maximum absolute atomic E-state index is 13.2. The smallest absolute Gasteiger partial charge is 0.352 e. The summed E-state index contributed by atoms with van der Waals surface area (Å²) in [4.78, 5) is 25.6. The predicted molar refractivity (Wildman–Crippen MR) is 98.7 cm³/mol. The standard InChI is InChI=1S/C20H20F3N3O2/c1-12(9-13-5-3-2-4-6-13)26-17-11-15(20(21,22)23)8-7-14(17)10-16(18(26)27)25-19(24)28/h2-8,11-12,16H,9-10H2,1H3,(H3,24,25,28)/t12-,16+/m0/s1. The highest BCUT2D eigenvalue weighted by Crippen LogP contribution is 2.37. The Morgan fingerprint density at radius 1 is 1.25 bits per heavy atom. The maximum Gasteiger partial charge on any atom is 0.416 e. The number of primary amides is 1. The van der Waals surface area contributed by atoms with Crippen molar-refractivity contribution in [3.8, 4) is 0 Å². The molecule has 0 saturated heterocycles. The van der Waals surface area contributed by atoms with Crippen LogP contribution in [0.5, 0.6) is 0 Å². The number of urea groups is 1. The fraction of sp³-hybridized carbons (Fsp3) is 0.300. The molecule has 0 unspecified atom stereocenters. The van der Waals surface area contributed by atoms with Crippen LogP contribution in [0, 0.1) is 0 Å². The normalized spacial score (nSPS) is 17.8.